The summed E-state index contributed by atoms with van der Waals surface area (Å²) in [5, 5.41) is 14.2. The van der Waals surface area contributed by atoms with Crippen LogP contribution in [0, 0.1) is 0 Å². The molecule has 2 aliphatic rings. The molecule has 1 aromatic carbocycles. The smallest absolute Gasteiger partial charge is 0.293 e. The van der Waals surface area contributed by atoms with Crippen molar-refractivity contribution in [2.24, 2.45) is 7.05 Å². The number of aryl methyl sites for hydroxylation is 1. The summed E-state index contributed by atoms with van der Waals surface area (Å²) < 4.78 is 21.8. The van der Waals surface area contributed by atoms with Gasteiger partial charge in [0.05, 0.1) is 23.6 Å². The van der Waals surface area contributed by atoms with Gasteiger partial charge in [0.2, 0.25) is 11.8 Å². The molecule has 1 saturated carbocycles. The summed E-state index contributed by atoms with van der Waals surface area (Å²) in [4.78, 5) is 26.2. The van der Waals surface area contributed by atoms with Crippen LogP contribution in [0.3, 0.4) is 0 Å². The van der Waals surface area contributed by atoms with Gasteiger partial charge in [0.25, 0.3) is 11.7 Å². The zero-order chi connectivity index (χ0) is 25.6. The first kappa shape index (κ1) is 23.3. The number of halogens is 1. The summed E-state index contributed by atoms with van der Waals surface area (Å²) in [6.45, 7) is 2.04. The van der Waals surface area contributed by atoms with Crippen molar-refractivity contribution in [2.75, 3.05) is 5.32 Å². The van der Waals surface area contributed by atoms with E-state index in [1.807, 2.05) is 44.4 Å². The third-order valence-corrected chi connectivity index (χ3v) is 7.09. The average Bonchev–Trinajstić information content (AvgIpc) is 3.28. The van der Waals surface area contributed by atoms with Gasteiger partial charge >= 0.3 is 0 Å². The minimum absolute atomic E-state index is 0.0111. The SMILES string of the molecule is Cn1cc(Nc2nccc(-c3ccc4c(c3)CC(F)CCC4NC(=O)c3noc(C4(C)CC4)n3)n2)cn1. The Labute approximate surface area is 212 Å². The largest absolute Gasteiger partial charge is 0.342 e. The molecule has 0 radical (unpaired) electrons. The highest BCUT2D eigenvalue weighted by atomic mass is 19.1. The summed E-state index contributed by atoms with van der Waals surface area (Å²) in [6.07, 6.45) is 7.23. The van der Waals surface area contributed by atoms with Crippen LogP contribution in [0.1, 0.15) is 66.3 Å². The van der Waals surface area contributed by atoms with E-state index in [1.165, 1.54) is 0 Å². The van der Waals surface area contributed by atoms with E-state index in [0.29, 0.717) is 30.4 Å². The van der Waals surface area contributed by atoms with E-state index in [0.717, 1.165) is 35.2 Å². The van der Waals surface area contributed by atoms with Crippen LogP contribution < -0.4 is 10.6 Å². The Morgan fingerprint density at radius 1 is 1.22 bits per heavy atom. The van der Waals surface area contributed by atoms with Crippen molar-refractivity contribution in [2.45, 2.75) is 56.7 Å². The number of aromatic nitrogens is 6. The number of rotatable bonds is 6. The maximum absolute atomic E-state index is 14.7. The van der Waals surface area contributed by atoms with Gasteiger partial charge in [-0.25, -0.2) is 14.4 Å². The second-order valence-electron chi connectivity index (χ2n) is 10.1. The summed E-state index contributed by atoms with van der Waals surface area (Å²) in [5.41, 5.74) is 3.94. The van der Waals surface area contributed by atoms with Crippen LogP contribution in [-0.2, 0) is 18.9 Å². The number of hydrogen-bond acceptors (Lipinski definition) is 8. The predicted octanol–water partition coefficient (Wildman–Crippen LogP) is 4.20. The van der Waals surface area contributed by atoms with E-state index < -0.39 is 12.1 Å². The third kappa shape index (κ3) is 4.81. The Bertz CT molecular complexity index is 1460. The normalized spacial score (nSPS) is 20.1. The van der Waals surface area contributed by atoms with Gasteiger partial charge in [0, 0.05) is 36.8 Å². The quantitative estimate of drug-likeness (QED) is 0.376. The van der Waals surface area contributed by atoms with E-state index in [2.05, 4.69) is 35.8 Å². The maximum atomic E-state index is 14.7. The fraction of sp³-hybridized carbons (Fsp3) is 0.385. The maximum Gasteiger partial charge on any atom is 0.293 e. The molecule has 2 N–H and O–H groups in total. The zero-order valence-corrected chi connectivity index (χ0v) is 20.6. The lowest BCUT2D eigenvalue weighted by atomic mass is 9.95. The van der Waals surface area contributed by atoms with Gasteiger partial charge in [-0.15, -0.1) is 0 Å². The van der Waals surface area contributed by atoms with Gasteiger partial charge in [-0.3, -0.25) is 9.48 Å². The molecule has 37 heavy (non-hydrogen) atoms. The van der Waals surface area contributed by atoms with Crippen molar-refractivity contribution >= 4 is 17.5 Å². The fourth-order valence-corrected chi connectivity index (χ4v) is 4.66. The molecular weight excluding hydrogens is 475 g/mol. The van der Waals surface area contributed by atoms with Gasteiger partial charge in [0.1, 0.15) is 6.17 Å². The van der Waals surface area contributed by atoms with Crippen LogP contribution >= 0.6 is 0 Å². The Morgan fingerprint density at radius 3 is 2.86 bits per heavy atom. The number of hydrogen-bond donors (Lipinski definition) is 2. The topological polar surface area (TPSA) is 124 Å². The van der Waals surface area contributed by atoms with Crippen molar-refractivity contribution in [3.63, 3.8) is 0 Å². The summed E-state index contributed by atoms with van der Waals surface area (Å²) in [5.74, 6) is 0.526. The van der Waals surface area contributed by atoms with Gasteiger partial charge < -0.3 is 15.2 Å². The number of nitrogens with zero attached hydrogens (tertiary/aromatic N) is 6. The molecule has 10 nitrogen and oxygen atoms in total. The lowest BCUT2D eigenvalue weighted by Crippen LogP contribution is -2.29. The predicted molar refractivity (Wildman–Crippen MR) is 133 cm³/mol. The first-order chi connectivity index (χ1) is 17.9. The number of nitrogens with one attached hydrogen (secondary N) is 2. The first-order valence-corrected chi connectivity index (χ1v) is 12.4. The zero-order valence-electron chi connectivity index (χ0n) is 20.6. The molecule has 190 valence electrons. The van der Waals surface area contributed by atoms with E-state index in [1.54, 1.807) is 17.1 Å². The van der Waals surface area contributed by atoms with Gasteiger partial charge in [-0.05, 0) is 48.9 Å². The third-order valence-electron chi connectivity index (χ3n) is 7.09. The monoisotopic (exact) mass is 502 g/mol. The van der Waals surface area contributed by atoms with E-state index >= 15 is 0 Å². The van der Waals surface area contributed by atoms with Crippen LogP contribution in [0.5, 0.6) is 0 Å². The van der Waals surface area contributed by atoms with Crippen molar-refractivity contribution in [1.82, 2.24) is 35.2 Å². The molecule has 4 aromatic rings. The molecule has 0 aliphatic heterocycles. The Hall–Kier alpha value is -4.15. The van der Waals surface area contributed by atoms with E-state index in [-0.39, 0.29) is 23.7 Å². The summed E-state index contributed by atoms with van der Waals surface area (Å²) >= 11 is 0. The highest BCUT2D eigenvalue weighted by molar-refractivity contribution is 5.90. The molecule has 3 heterocycles. The van der Waals surface area contributed by atoms with Gasteiger partial charge in [-0.2, -0.15) is 10.1 Å². The van der Waals surface area contributed by atoms with Crippen molar-refractivity contribution in [3.8, 4) is 11.3 Å². The van der Waals surface area contributed by atoms with E-state index in [4.69, 9.17) is 4.52 Å². The van der Waals surface area contributed by atoms with Gasteiger partial charge in [0.15, 0.2) is 0 Å². The number of amides is 1. The number of carbonyl (C=O) groups excluding carboxylic acids is 1. The summed E-state index contributed by atoms with van der Waals surface area (Å²) in [7, 11) is 1.83. The molecule has 0 saturated heterocycles. The molecule has 2 aliphatic carbocycles. The number of fused-ring (bicyclic) bond motifs is 1. The van der Waals surface area contributed by atoms with Crippen molar-refractivity contribution in [3.05, 3.63) is 65.7 Å². The molecule has 3 aromatic heterocycles. The van der Waals surface area contributed by atoms with Crippen LogP contribution in [0.2, 0.25) is 0 Å². The standard InChI is InChI=1S/C26H27FN8O2/c1-26(8-9-26)24-33-22(34-37-24)23(36)31-21-6-4-17(27)12-16-11-15(3-5-19(16)21)20-7-10-28-25(32-20)30-18-13-29-35(2)14-18/h3,5,7,10-11,13-14,17,21H,4,6,8-9,12H2,1-2H3,(H,31,36)(H,28,30,32). The molecule has 6 rings (SSSR count). The number of benzene rings is 1. The molecule has 11 heteroatoms. The minimum atomic E-state index is -1.00. The molecule has 1 fully saturated rings. The molecular formula is C26H27FN8O2. The molecule has 1 amide bonds. The Kier molecular flexibility index (Phi) is 5.69. The highest BCUT2D eigenvalue weighted by Gasteiger charge is 2.45. The fourth-order valence-electron chi connectivity index (χ4n) is 4.66. The molecule has 0 spiro atoms. The minimum Gasteiger partial charge on any atom is -0.342 e. The van der Waals surface area contributed by atoms with Gasteiger partial charge in [-0.1, -0.05) is 24.2 Å². The van der Waals surface area contributed by atoms with E-state index in [9.17, 15) is 9.18 Å². The van der Waals surface area contributed by atoms with Crippen LogP contribution in [-0.4, -0.2) is 42.0 Å². The van der Waals surface area contributed by atoms with Crippen LogP contribution in [0.15, 0.2) is 47.4 Å². The first-order valence-electron chi connectivity index (χ1n) is 12.4. The molecule has 0 bridgehead atoms. The lowest BCUT2D eigenvalue weighted by molar-refractivity contribution is 0.0919. The number of anilines is 2. The number of carbonyl (C=O) groups is 1. The second kappa shape index (κ2) is 9.06. The van der Waals surface area contributed by atoms with Crippen LogP contribution in [0.25, 0.3) is 11.3 Å². The number of alkyl halides is 1. The summed E-state index contributed by atoms with van der Waals surface area (Å²) in [6, 6.07) is 7.28. The van der Waals surface area contributed by atoms with Crippen LogP contribution in [0.4, 0.5) is 16.0 Å². The second-order valence-corrected chi connectivity index (χ2v) is 10.1. The molecule has 2 unspecified atom stereocenters. The lowest BCUT2D eigenvalue weighted by Gasteiger charge is -2.19. The Morgan fingerprint density at radius 2 is 2.08 bits per heavy atom. The molecule has 2 atom stereocenters. The Balaban J connectivity index is 1.24. The highest BCUT2D eigenvalue weighted by Crippen LogP contribution is 2.46. The average molecular weight is 503 g/mol. The van der Waals surface area contributed by atoms with Crippen molar-refractivity contribution in [1.29, 1.82) is 0 Å². The van der Waals surface area contributed by atoms with Crippen molar-refractivity contribution < 1.29 is 13.7 Å².